The van der Waals surface area contributed by atoms with E-state index in [1.807, 2.05) is 0 Å². The second kappa shape index (κ2) is 15.1. The third kappa shape index (κ3) is 6.73. The third-order valence-corrected chi connectivity index (χ3v) is 14.9. The van der Waals surface area contributed by atoms with Gasteiger partial charge in [0.25, 0.3) is 0 Å². The maximum Gasteiger partial charge on any atom is 0.198 e. The number of rotatable bonds is 6. The standard InChI is InChI=1S/C62H53BN2O/c1-38-29-50(47-32-43-19-13-14-20-44(43)33-54(47)64-46-24-21-42(22-25-46)40-15-9-7-10-16-40)60-57(30-38)65(55-26-23-45(31-39(55)2)41-17-11-8-12-18-41)56-37-59-49(35-53(56)63-60)48-34-51-52(36-58(48)66-59)62(5,6)28-27-61(51,3)4/h7-26,29-37,63-64H,27-28H2,1-6H3. The van der Waals surface area contributed by atoms with E-state index in [0.717, 1.165) is 29.8 Å². The summed E-state index contributed by atoms with van der Waals surface area (Å²) in [7, 11) is 0.780. The van der Waals surface area contributed by atoms with Crippen LogP contribution >= 0.6 is 0 Å². The van der Waals surface area contributed by atoms with Crippen molar-refractivity contribution in [3.8, 4) is 33.4 Å². The fraction of sp³-hybridized carbons (Fsp3) is 0.161. The van der Waals surface area contributed by atoms with Gasteiger partial charge in [0.05, 0.1) is 0 Å². The average Bonchev–Trinajstić information content (AvgIpc) is 3.68. The molecule has 0 radical (unpaired) electrons. The molecule has 1 aromatic heterocycles. The van der Waals surface area contributed by atoms with Gasteiger partial charge in [-0.3, -0.25) is 0 Å². The number of hydrogen-bond donors (Lipinski definition) is 1. The second-order valence-electron chi connectivity index (χ2n) is 20.2. The van der Waals surface area contributed by atoms with Crippen LogP contribution < -0.4 is 21.1 Å². The number of nitrogens with zero attached hydrogens (tertiary/aromatic N) is 1. The summed E-state index contributed by atoms with van der Waals surface area (Å²) in [5.74, 6) is 0. The van der Waals surface area contributed by atoms with Gasteiger partial charge in [-0.15, -0.1) is 0 Å². The summed E-state index contributed by atoms with van der Waals surface area (Å²) >= 11 is 0. The van der Waals surface area contributed by atoms with Crippen molar-refractivity contribution in [3.05, 3.63) is 198 Å². The van der Waals surface area contributed by atoms with Crippen LogP contribution in [0.3, 0.4) is 0 Å². The van der Waals surface area contributed by atoms with Crippen LogP contribution in [0.25, 0.3) is 66.1 Å². The quantitative estimate of drug-likeness (QED) is 0.169. The molecule has 0 saturated heterocycles. The highest BCUT2D eigenvalue weighted by Gasteiger charge is 2.38. The zero-order chi connectivity index (χ0) is 44.9. The van der Waals surface area contributed by atoms with E-state index in [1.165, 1.54) is 118 Å². The van der Waals surface area contributed by atoms with Crippen LogP contribution in [-0.4, -0.2) is 7.28 Å². The maximum atomic E-state index is 6.95. The van der Waals surface area contributed by atoms with E-state index in [2.05, 4.69) is 228 Å². The van der Waals surface area contributed by atoms with Gasteiger partial charge >= 0.3 is 0 Å². The van der Waals surface area contributed by atoms with Crippen molar-refractivity contribution in [2.75, 3.05) is 10.2 Å². The molecule has 1 N–H and O–H groups in total. The number of furan rings is 1. The highest BCUT2D eigenvalue weighted by molar-refractivity contribution is 6.73. The Balaban J connectivity index is 1.06. The van der Waals surface area contributed by atoms with Crippen LogP contribution in [0.4, 0.5) is 28.4 Å². The Morgan fingerprint density at radius 3 is 1.79 bits per heavy atom. The Hall–Kier alpha value is -7.30. The summed E-state index contributed by atoms with van der Waals surface area (Å²) < 4.78 is 6.95. The lowest BCUT2D eigenvalue weighted by molar-refractivity contribution is 0.332. The minimum Gasteiger partial charge on any atom is -0.456 e. The lowest BCUT2D eigenvalue weighted by atomic mass is 9.57. The van der Waals surface area contributed by atoms with Crippen LogP contribution in [0.15, 0.2) is 180 Å². The van der Waals surface area contributed by atoms with E-state index >= 15 is 0 Å². The van der Waals surface area contributed by atoms with Gasteiger partial charge in [-0.25, -0.2) is 0 Å². The van der Waals surface area contributed by atoms with Crippen molar-refractivity contribution < 1.29 is 4.42 Å². The van der Waals surface area contributed by atoms with E-state index in [4.69, 9.17) is 4.42 Å². The molecule has 1 aliphatic carbocycles. The Morgan fingerprint density at radius 1 is 0.500 bits per heavy atom. The van der Waals surface area contributed by atoms with Gasteiger partial charge in [-0.1, -0.05) is 148 Å². The van der Waals surface area contributed by atoms with Gasteiger partial charge in [0.15, 0.2) is 7.28 Å². The summed E-state index contributed by atoms with van der Waals surface area (Å²) in [6.07, 6.45) is 2.34. The number of fused-ring (bicyclic) bond motifs is 7. The zero-order valence-electron chi connectivity index (χ0n) is 38.7. The van der Waals surface area contributed by atoms with Gasteiger partial charge in [-0.2, -0.15) is 0 Å². The first-order valence-corrected chi connectivity index (χ1v) is 23.6. The molecular weight excluding hydrogens is 800 g/mol. The monoisotopic (exact) mass is 852 g/mol. The number of hydrogen-bond acceptors (Lipinski definition) is 3. The molecule has 0 saturated carbocycles. The first-order valence-electron chi connectivity index (χ1n) is 23.6. The molecule has 0 bridgehead atoms. The van der Waals surface area contributed by atoms with Gasteiger partial charge < -0.3 is 14.6 Å². The highest BCUT2D eigenvalue weighted by atomic mass is 16.3. The van der Waals surface area contributed by atoms with Crippen LogP contribution in [0.2, 0.25) is 0 Å². The van der Waals surface area contributed by atoms with Gasteiger partial charge in [-0.05, 0) is 158 Å². The molecule has 0 unspecified atom stereocenters. The molecule has 0 spiro atoms. The topological polar surface area (TPSA) is 28.4 Å². The molecule has 2 heterocycles. The molecular formula is C62H53BN2O. The summed E-state index contributed by atoms with van der Waals surface area (Å²) in [6.45, 7) is 14.1. The fourth-order valence-electron chi connectivity index (χ4n) is 11.1. The SMILES string of the molecule is Cc1cc(-c2cc3ccccc3cc2Nc2ccc(-c3ccccc3)cc2)c2c(c1)N(c1ccc(-c3ccccc3)cc1C)c1cc3oc4cc5c(cc4c3cc1B2)C(C)(C)CCC5(C)C. The van der Waals surface area contributed by atoms with Crippen molar-refractivity contribution in [2.24, 2.45) is 0 Å². The lowest BCUT2D eigenvalue weighted by Crippen LogP contribution is -2.41. The van der Waals surface area contributed by atoms with Gasteiger partial charge in [0.1, 0.15) is 11.2 Å². The van der Waals surface area contributed by atoms with E-state index in [0.29, 0.717) is 0 Å². The number of benzene rings is 9. The smallest absolute Gasteiger partial charge is 0.198 e. The number of nitrogens with one attached hydrogen (secondary N) is 1. The zero-order valence-corrected chi connectivity index (χ0v) is 38.7. The Bertz CT molecular complexity index is 3550. The van der Waals surface area contributed by atoms with E-state index < -0.39 is 0 Å². The molecule has 0 atom stereocenters. The minimum atomic E-state index is 0.0927. The van der Waals surface area contributed by atoms with Crippen molar-refractivity contribution in [3.63, 3.8) is 0 Å². The molecule has 66 heavy (non-hydrogen) atoms. The van der Waals surface area contributed by atoms with Crippen LogP contribution in [0.5, 0.6) is 0 Å². The lowest BCUT2D eigenvalue weighted by Gasteiger charge is -2.41. The predicted octanol–water partition coefficient (Wildman–Crippen LogP) is 15.6. The van der Waals surface area contributed by atoms with Crippen LogP contribution in [-0.2, 0) is 10.8 Å². The minimum absolute atomic E-state index is 0.0927. The van der Waals surface area contributed by atoms with Gasteiger partial charge in [0, 0.05) is 50.8 Å². The molecule has 12 rings (SSSR count). The Morgan fingerprint density at radius 2 is 1.09 bits per heavy atom. The Labute approximate surface area is 389 Å². The molecule has 9 aromatic carbocycles. The third-order valence-electron chi connectivity index (χ3n) is 14.9. The molecule has 1 aliphatic heterocycles. The van der Waals surface area contributed by atoms with Crippen molar-refractivity contribution >= 4 is 79.4 Å². The van der Waals surface area contributed by atoms with Crippen LogP contribution in [0, 0.1) is 13.8 Å². The number of aryl methyl sites for hydroxylation is 2. The molecule has 0 fully saturated rings. The summed E-state index contributed by atoms with van der Waals surface area (Å²) in [5, 5.41) is 8.73. The molecule has 10 aromatic rings. The number of anilines is 5. The predicted molar refractivity (Wildman–Crippen MR) is 283 cm³/mol. The summed E-state index contributed by atoms with van der Waals surface area (Å²) in [4.78, 5) is 2.52. The second-order valence-corrected chi connectivity index (χ2v) is 20.2. The van der Waals surface area contributed by atoms with Gasteiger partial charge in [0.2, 0.25) is 0 Å². The van der Waals surface area contributed by atoms with E-state index in [-0.39, 0.29) is 10.8 Å². The molecule has 4 heteroatoms. The summed E-state index contributed by atoms with van der Waals surface area (Å²) in [5.41, 5.74) is 22.9. The summed E-state index contributed by atoms with van der Waals surface area (Å²) in [6, 6.07) is 65.0. The van der Waals surface area contributed by atoms with E-state index in [9.17, 15) is 0 Å². The van der Waals surface area contributed by atoms with Crippen molar-refractivity contribution in [2.45, 2.75) is 65.2 Å². The van der Waals surface area contributed by atoms with E-state index in [1.54, 1.807) is 0 Å². The molecule has 2 aliphatic rings. The molecule has 0 amide bonds. The Kier molecular flexibility index (Phi) is 9.23. The van der Waals surface area contributed by atoms with Crippen LogP contribution in [0.1, 0.15) is 62.8 Å². The first-order chi connectivity index (χ1) is 32.0. The highest BCUT2D eigenvalue weighted by Crippen LogP contribution is 2.49. The fourth-order valence-corrected chi connectivity index (χ4v) is 11.1. The largest absolute Gasteiger partial charge is 0.456 e. The van der Waals surface area contributed by atoms with Crippen molar-refractivity contribution in [1.82, 2.24) is 0 Å². The van der Waals surface area contributed by atoms with Crippen molar-refractivity contribution in [1.29, 1.82) is 0 Å². The average molecular weight is 853 g/mol. The molecule has 3 nitrogen and oxygen atoms in total. The first kappa shape index (κ1) is 40.2. The maximum absolute atomic E-state index is 6.95. The molecule has 320 valence electrons. The normalized spacial score (nSPS) is 14.7.